The minimum atomic E-state index is 0.0375. The van der Waals surface area contributed by atoms with Gasteiger partial charge in [0, 0.05) is 19.0 Å². The fraction of sp³-hybridized carbons (Fsp3) is 0.278. The monoisotopic (exact) mass is 281 g/mol. The Bertz CT molecular complexity index is 624. The number of aromatic hydroxyl groups is 1. The van der Waals surface area contributed by atoms with Gasteiger partial charge in [-0.3, -0.25) is 4.79 Å². The van der Waals surface area contributed by atoms with Crippen LogP contribution in [0, 0.1) is 5.92 Å². The highest BCUT2D eigenvalue weighted by molar-refractivity contribution is 5.81. The number of carbonyl (C=O) groups is 1. The second-order valence-electron chi connectivity index (χ2n) is 5.61. The number of benzene rings is 2. The number of hydrogen-bond acceptors (Lipinski definition) is 2. The number of carbonyl (C=O) groups excluding carboxylic acids is 1. The molecule has 2 aromatic carbocycles. The summed E-state index contributed by atoms with van der Waals surface area (Å²) in [5.74, 6) is 0.525. The van der Waals surface area contributed by atoms with Crippen molar-refractivity contribution >= 4 is 5.91 Å². The molecule has 1 unspecified atom stereocenters. The summed E-state index contributed by atoms with van der Waals surface area (Å²) in [7, 11) is 0. The molecule has 1 aliphatic heterocycles. The molecule has 3 heteroatoms. The molecule has 0 bridgehead atoms. The van der Waals surface area contributed by atoms with E-state index in [1.807, 2.05) is 35.2 Å². The topological polar surface area (TPSA) is 40.5 Å². The molecule has 1 fully saturated rings. The molecule has 1 heterocycles. The molecular weight excluding hydrogens is 262 g/mol. The molecule has 1 N–H and O–H groups in total. The smallest absolute Gasteiger partial charge is 0.226 e. The van der Waals surface area contributed by atoms with Gasteiger partial charge in [0.1, 0.15) is 5.75 Å². The summed E-state index contributed by atoms with van der Waals surface area (Å²) in [6.45, 7) is 1.51. The van der Waals surface area contributed by atoms with E-state index in [0.29, 0.717) is 13.0 Å². The number of phenolic OH excluding ortho intramolecular Hbond substituents is 1. The van der Waals surface area contributed by atoms with E-state index in [-0.39, 0.29) is 17.6 Å². The van der Waals surface area contributed by atoms with Gasteiger partial charge in [0.05, 0.1) is 0 Å². The number of hydrogen-bond donors (Lipinski definition) is 1. The van der Waals surface area contributed by atoms with E-state index in [1.54, 1.807) is 12.1 Å². The summed E-state index contributed by atoms with van der Waals surface area (Å²) in [5, 5.41) is 9.50. The zero-order valence-electron chi connectivity index (χ0n) is 11.9. The molecule has 108 valence electrons. The van der Waals surface area contributed by atoms with E-state index in [1.165, 1.54) is 5.56 Å². The van der Waals surface area contributed by atoms with Gasteiger partial charge in [-0.05, 0) is 36.1 Å². The van der Waals surface area contributed by atoms with Gasteiger partial charge < -0.3 is 10.0 Å². The Morgan fingerprint density at radius 2 is 1.81 bits per heavy atom. The summed E-state index contributed by atoms with van der Waals surface area (Å²) in [5.41, 5.74) is 2.19. The highest BCUT2D eigenvalue weighted by atomic mass is 16.3. The van der Waals surface area contributed by atoms with Gasteiger partial charge in [0.2, 0.25) is 5.91 Å². The first-order chi connectivity index (χ1) is 10.2. The normalized spacial score (nSPS) is 18.2. The van der Waals surface area contributed by atoms with Crippen molar-refractivity contribution in [2.45, 2.75) is 19.4 Å². The molecule has 0 saturated carbocycles. The van der Waals surface area contributed by atoms with Crippen LogP contribution in [0.3, 0.4) is 0 Å². The molecule has 3 nitrogen and oxygen atoms in total. The van der Waals surface area contributed by atoms with Crippen molar-refractivity contribution in [3.05, 3.63) is 65.7 Å². The van der Waals surface area contributed by atoms with Crippen molar-refractivity contribution in [2.75, 3.05) is 6.54 Å². The third kappa shape index (κ3) is 3.24. The summed E-state index contributed by atoms with van der Waals surface area (Å²) in [4.78, 5) is 14.4. The van der Waals surface area contributed by atoms with E-state index in [0.717, 1.165) is 18.5 Å². The molecule has 3 rings (SSSR count). The maximum Gasteiger partial charge on any atom is 0.226 e. The molecule has 1 atom stereocenters. The molecule has 0 spiro atoms. The number of amides is 1. The number of nitrogens with zero attached hydrogens (tertiary/aromatic N) is 1. The fourth-order valence-electron chi connectivity index (χ4n) is 2.92. The Morgan fingerprint density at radius 3 is 2.57 bits per heavy atom. The first kappa shape index (κ1) is 13.7. The lowest BCUT2D eigenvalue weighted by Gasteiger charge is -2.17. The lowest BCUT2D eigenvalue weighted by Crippen LogP contribution is -2.27. The van der Waals surface area contributed by atoms with Gasteiger partial charge in [-0.1, -0.05) is 42.5 Å². The molecule has 0 aliphatic carbocycles. The van der Waals surface area contributed by atoms with Gasteiger partial charge in [-0.2, -0.15) is 0 Å². The van der Waals surface area contributed by atoms with Crippen LogP contribution in [-0.2, 0) is 17.8 Å². The first-order valence-electron chi connectivity index (χ1n) is 7.33. The van der Waals surface area contributed by atoms with Crippen LogP contribution in [-0.4, -0.2) is 22.5 Å². The van der Waals surface area contributed by atoms with Crippen molar-refractivity contribution in [3.63, 3.8) is 0 Å². The average molecular weight is 281 g/mol. The predicted octanol–water partition coefficient (Wildman–Crippen LogP) is 2.98. The van der Waals surface area contributed by atoms with Crippen LogP contribution in [0.1, 0.15) is 17.5 Å². The number of phenols is 1. The van der Waals surface area contributed by atoms with Crippen LogP contribution >= 0.6 is 0 Å². The van der Waals surface area contributed by atoms with Gasteiger partial charge in [-0.15, -0.1) is 0 Å². The van der Waals surface area contributed by atoms with Crippen LogP contribution in [0.15, 0.2) is 54.6 Å². The number of likely N-dealkylation sites (tertiary alicyclic amines) is 1. The Hall–Kier alpha value is -2.29. The van der Waals surface area contributed by atoms with Crippen LogP contribution in [0.5, 0.6) is 5.75 Å². The third-order valence-corrected chi connectivity index (χ3v) is 4.02. The SMILES string of the molecule is O=C1C(Cc2cccc(O)c2)CCN1Cc1ccccc1. The van der Waals surface area contributed by atoms with E-state index < -0.39 is 0 Å². The summed E-state index contributed by atoms with van der Waals surface area (Å²) < 4.78 is 0. The van der Waals surface area contributed by atoms with Gasteiger partial charge >= 0.3 is 0 Å². The van der Waals surface area contributed by atoms with E-state index in [2.05, 4.69) is 12.1 Å². The van der Waals surface area contributed by atoms with Crippen LogP contribution in [0.4, 0.5) is 0 Å². The Labute approximate surface area is 124 Å². The highest BCUT2D eigenvalue weighted by Gasteiger charge is 2.31. The lowest BCUT2D eigenvalue weighted by atomic mass is 9.98. The molecule has 21 heavy (non-hydrogen) atoms. The number of rotatable bonds is 4. The first-order valence-corrected chi connectivity index (χ1v) is 7.33. The van der Waals surface area contributed by atoms with Crippen LogP contribution < -0.4 is 0 Å². The third-order valence-electron chi connectivity index (χ3n) is 4.02. The van der Waals surface area contributed by atoms with Crippen molar-refractivity contribution in [1.82, 2.24) is 4.90 Å². The van der Waals surface area contributed by atoms with Crippen LogP contribution in [0.25, 0.3) is 0 Å². The second-order valence-corrected chi connectivity index (χ2v) is 5.61. The molecule has 0 radical (unpaired) electrons. The largest absolute Gasteiger partial charge is 0.508 e. The quantitative estimate of drug-likeness (QED) is 0.936. The van der Waals surface area contributed by atoms with Crippen molar-refractivity contribution in [2.24, 2.45) is 5.92 Å². The highest BCUT2D eigenvalue weighted by Crippen LogP contribution is 2.25. The molecule has 1 saturated heterocycles. The summed E-state index contributed by atoms with van der Waals surface area (Å²) in [6.07, 6.45) is 1.60. The van der Waals surface area contributed by atoms with Crippen LogP contribution in [0.2, 0.25) is 0 Å². The Kier molecular flexibility index (Phi) is 3.91. The van der Waals surface area contributed by atoms with Crippen molar-refractivity contribution in [1.29, 1.82) is 0 Å². The van der Waals surface area contributed by atoms with E-state index in [4.69, 9.17) is 0 Å². The average Bonchev–Trinajstić information content (AvgIpc) is 2.82. The lowest BCUT2D eigenvalue weighted by molar-refractivity contribution is -0.131. The van der Waals surface area contributed by atoms with Crippen molar-refractivity contribution < 1.29 is 9.90 Å². The van der Waals surface area contributed by atoms with E-state index in [9.17, 15) is 9.90 Å². The Morgan fingerprint density at radius 1 is 1.05 bits per heavy atom. The second kappa shape index (κ2) is 6.00. The molecule has 1 amide bonds. The van der Waals surface area contributed by atoms with Gasteiger partial charge in [0.15, 0.2) is 0 Å². The zero-order chi connectivity index (χ0) is 14.7. The summed E-state index contributed by atoms with van der Waals surface area (Å²) in [6, 6.07) is 17.3. The minimum Gasteiger partial charge on any atom is -0.508 e. The molecular formula is C18H19NO2. The summed E-state index contributed by atoms with van der Waals surface area (Å²) >= 11 is 0. The molecule has 2 aromatic rings. The zero-order valence-corrected chi connectivity index (χ0v) is 11.9. The predicted molar refractivity (Wildman–Crippen MR) is 81.8 cm³/mol. The van der Waals surface area contributed by atoms with E-state index >= 15 is 0 Å². The fourth-order valence-corrected chi connectivity index (χ4v) is 2.92. The molecule has 1 aliphatic rings. The maximum atomic E-state index is 12.5. The van der Waals surface area contributed by atoms with Crippen molar-refractivity contribution in [3.8, 4) is 5.75 Å². The standard InChI is InChI=1S/C18H19NO2/c20-17-8-4-7-15(12-17)11-16-9-10-19(18(16)21)13-14-5-2-1-3-6-14/h1-8,12,16,20H,9-11,13H2. The minimum absolute atomic E-state index is 0.0375. The maximum absolute atomic E-state index is 12.5. The van der Waals surface area contributed by atoms with Gasteiger partial charge in [0.25, 0.3) is 0 Å². The van der Waals surface area contributed by atoms with Gasteiger partial charge in [-0.25, -0.2) is 0 Å². The molecule has 0 aromatic heterocycles. The Balaban J connectivity index is 1.64.